The van der Waals surface area contributed by atoms with E-state index in [1.807, 2.05) is 39.8 Å². The molecule has 144 valence electrons. The molecule has 1 aromatic carbocycles. The fourth-order valence-electron chi connectivity index (χ4n) is 2.42. The van der Waals surface area contributed by atoms with E-state index in [1.54, 1.807) is 12.1 Å². The number of methoxy groups -OCH3 is 1. The van der Waals surface area contributed by atoms with Gasteiger partial charge < -0.3 is 4.74 Å². The van der Waals surface area contributed by atoms with E-state index < -0.39 is 0 Å². The highest BCUT2D eigenvalue weighted by atomic mass is 16.5. The van der Waals surface area contributed by atoms with Gasteiger partial charge in [-0.1, -0.05) is 66.5 Å². The van der Waals surface area contributed by atoms with Crippen LogP contribution in [0.25, 0.3) is 0 Å². The molecule has 0 aliphatic carbocycles. The Hall–Kier alpha value is -1.64. The predicted molar refractivity (Wildman–Crippen MR) is 107 cm³/mol. The van der Waals surface area contributed by atoms with Crippen molar-refractivity contribution in [2.45, 2.75) is 80.1 Å². The van der Waals surface area contributed by atoms with Gasteiger partial charge in [-0.3, -0.25) is 4.79 Å². The van der Waals surface area contributed by atoms with E-state index in [1.165, 1.54) is 7.11 Å². The van der Waals surface area contributed by atoms with Crippen LogP contribution in [0.2, 0.25) is 0 Å². The molecule has 0 saturated heterocycles. The molecule has 1 atom stereocenters. The summed E-state index contributed by atoms with van der Waals surface area (Å²) < 4.78 is 4.68. The lowest BCUT2D eigenvalue weighted by Crippen LogP contribution is -2.16. The maximum Gasteiger partial charge on any atom is 0.337 e. The van der Waals surface area contributed by atoms with E-state index in [2.05, 4.69) is 18.6 Å². The molecule has 0 saturated carbocycles. The van der Waals surface area contributed by atoms with Crippen LogP contribution in [0.3, 0.4) is 0 Å². The Morgan fingerprint density at radius 3 is 1.96 bits per heavy atom. The minimum Gasteiger partial charge on any atom is -0.465 e. The number of rotatable bonds is 9. The molecule has 0 bridgehead atoms. The molecule has 1 unspecified atom stereocenters. The molecule has 1 aromatic rings. The normalized spacial score (nSPS) is 10.5. The Morgan fingerprint density at radius 1 is 0.960 bits per heavy atom. The number of Topliss-reactive ketones (excluding diaryl/α,β-unsaturated/α-hetero) is 1. The monoisotopic (exact) mass is 350 g/mol. The first-order chi connectivity index (χ1) is 12.1. The molecule has 0 spiro atoms. The molecular formula is C22H38O3. The molecule has 0 heterocycles. The highest BCUT2D eigenvalue weighted by Crippen LogP contribution is 2.17. The fraction of sp³-hybridized carbons (Fsp3) is 0.636. The topological polar surface area (TPSA) is 43.4 Å². The average molecular weight is 351 g/mol. The van der Waals surface area contributed by atoms with Crippen molar-refractivity contribution in [3.8, 4) is 0 Å². The fourth-order valence-corrected chi connectivity index (χ4v) is 2.42. The van der Waals surface area contributed by atoms with Gasteiger partial charge in [0.1, 0.15) is 5.78 Å². The second kappa shape index (κ2) is 17.2. The highest BCUT2D eigenvalue weighted by Gasteiger charge is 2.16. The van der Waals surface area contributed by atoms with Crippen molar-refractivity contribution in [1.82, 2.24) is 0 Å². The second-order valence-corrected chi connectivity index (χ2v) is 5.42. The lowest BCUT2D eigenvalue weighted by Gasteiger charge is -2.14. The quantitative estimate of drug-likeness (QED) is 0.391. The van der Waals surface area contributed by atoms with Crippen LogP contribution in [0.1, 0.15) is 89.6 Å². The molecular weight excluding hydrogens is 312 g/mol. The summed E-state index contributed by atoms with van der Waals surface area (Å²) in [6, 6.07) is 7.34. The smallest absolute Gasteiger partial charge is 0.337 e. The summed E-state index contributed by atoms with van der Waals surface area (Å²) in [7, 11) is 1.37. The molecule has 0 amide bonds. The molecule has 0 N–H and O–H groups in total. The maximum atomic E-state index is 12.2. The van der Waals surface area contributed by atoms with Gasteiger partial charge in [0.15, 0.2) is 0 Å². The third-order valence-corrected chi connectivity index (χ3v) is 3.83. The highest BCUT2D eigenvalue weighted by molar-refractivity contribution is 5.89. The Bertz CT molecular complexity index is 449. The predicted octanol–water partition coefficient (Wildman–Crippen LogP) is 6.24. The average Bonchev–Trinajstić information content (AvgIpc) is 2.69. The molecule has 0 aliphatic heterocycles. The number of carbonyl (C=O) groups is 2. The second-order valence-electron chi connectivity index (χ2n) is 5.42. The van der Waals surface area contributed by atoms with Crippen LogP contribution in [0, 0.1) is 5.92 Å². The summed E-state index contributed by atoms with van der Waals surface area (Å²) in [5.74, 6) is 0.123. The largest absolute Gasteiger partial charge is 0.465 e. The molecule has 25 heavy (non-hydrogen) atoms. The van der Waals surface area contributed by atoms with E-state index in [0.29, 0.717) is 17.8 Å². The molecule has 0 fully saturated rings. The van der Waals surface area contributed by atoms with Crippen LogP contribution in [0.4, 0.5) is 0 Å². The van der Waals surface area contributed by atoms with Crippen LogP contribution in [0.5, 0.6) is 0 Å². The van der Waals surface area contributed by atoms with Gasteiger partial charge in [-0.2, -0.15) is 0 Å². The van der Waals surface area contributed by atoms with Crippen molar-refractivity contribution in [3.63, 3.8) is 0 Å². The molecule has 3 nitrogen and oxygen atoms in total. The van der Waals surface area contributed by atoms with Crippen molar-refractivity contribution in [1.29, 1.82) is 0 Å². The van der Waals surface area contributed by atoms with Gasteiger partial charge in [0.05, 0.1) is 12.7 Å². The number of unbranched alkanes of at least 4 members (excludes halogenated alkanes) is 2. The van der Waals surface area contributed by atoms with E-state index in [9.17, 15) is 9.59 Å². The van der Waals surface area contributed by atoms with Crippen molar-refractivity contribution in [2.24, 2.45) is 5.92 Å². The maximum absolute atomic E-state index is 12.2. The SMILES string of the molecule is CC.CC.CCCCCC(=O)C(CC)Cc1ccc(C(=O)OC)cc1. The summed E-state index contributed by atoms with van der Waals surface area (Å²) in [5, 5.41) is 0. The summed E-state index contributed by atoms with van der Waals surface area (Å²) in [6.45, 7) is 12.2. The van der Waals surface area contributed by atoms with Crippen LogP contribution >= 0.6 is 0 Å². The van der Waals surface area contributed by atoms with Gasteiger partial charge in [0.25, 0.3) is 0 Å². The van der Waals surface area contributed by atoms with E-state index in [-0.39, 0.29) is 11.9 Å². The van der Waals surface area contributed by atoms with Gasteiger partial charge in [0, 0.05) is 12.3 Å². The number of hydrogen-bond donors (Lipinski definition) is 0. The van der Waals surface area contributed by atoms with E-state index in [4.69, 9.17) is 0 Å². The van der Waals surface area contributed by atoms with Crippen LogP contribution in [0.15, 0.2) is 24.3 Å². The summed E-state index contributed by atoms with van der Waals surface area (Å²) >= 11 is 0. The Kier molecular flexibility index (Phi) is 17.6. The molecule has 1 rings (SSSR count). The number of hydrogen-bond acceptors (Lipinski definition) is 3. The van der Waals surface area contributed by atoms with Gasteiger partial charge >= 0.3 is 5.97 Å². The minimum absolute atomic E-state index is 0.0887. The van der Waals surface area contributed by atoms with Gasteiger partial charge in [-0.15, -0.1) is 0 Å². The number of ketones is 1. The summed E-state index contributed by atoms with van der Waals surface area (Å²) in [6.07, 6.45) is 5.56. The van der Waals surface area contributed by atoms with E-state index >= 15 is 0 Å². The lowest BCUT2D eigenvalue weighted by molar-refractivity contribution is -0.123. The minimum atomic E-state index is -0.329. The lowest BCUT2D eigenvalue weighted by atomic mass is 9.90. The van der Waals surface area contributed by atoms with E-state index in [0.717, 1.165) is 37.7 Å². The van der Waals surface area contributed by atoms with Gasteiger partial charge in [0.2, 0.25) is 0 Å². The zero-order chi connectivity index (χ0) is 19.7. The van der Waals surface area contributed by atoms with Crippen molar-refractivity contribution in [3.05, 3.63) is 35.4 Å². The third kappa shape index (κ3) is 10.8. The Balaban J connectivity index is 0. The Labute approximate surface area is 155 Å². The van der Waals surface area contributed by atoms with Crippen molar-refractivity contribution < 1.29 is 14.3 Å². The molecule has 3 heteroatoms. The first-order valence-electron chi connectivity index (χ1n) is 9.82. The van der Waals surface area contributed by atoms with Crippen molar-refractivity contribution >= 4 is 11.8 Å². The third-order valence-electron chi connectivity index (χ3n) is 3.83. The summed E-state index contributed by atoms with van der Waals surface area (Å²) in [4.78, 5) is 23.6. The first-order valence-corrected chi connectivity index (χ1v) is 9.82. The van der Waals surface area contributed by atoms with Gasteiger partial charge in [-0.25, -0.2) is 4.79 Å². The molecule has 0 aromatic heterocycles. The zero-order valence-corrected chi connectivity index (χ0v) is 17.4. The summed E-state index contributed by atoms with van der Waals surface area (Å²) in [5.41, 5.74) is 1.64. The number of esters is 1. The number of ether oxygens (including phenoxy) is 1. The zero-order valence-electron chi connectivity index (χ0n) is 17.4. The number of benzene rings is 1. The van der Waals surface area contributed by atoms with Crippen LogP contribution < -0.4 is 0 Å². The molecule has 0 aliphatic rings. The standard InChI is InChI=1S/C18H26O3.2C2H6/c1-4-6-7-8-17(19)15(5-2)13-14-9-11-16(12-10-14)18(20)21-3;2*1-2/h9-12,15H,4-8,13H2,1-3H3;2*1-2H3. The van der Waals surface area contributed by atoms with Gasteiger partial charge in [-0.05, 0) is 37.0 Å². The number of carbonyl (C=O) groups excluding carboxylic acids is 2. The van der Waals surface area contributed by atoms with Crippen LogP contribution in [-0.4, -0.2) is 18.9 Å². The first kappa shape index (κ1) is 25.6. The van der Waals surface area contributed by atoms with Crippen LogP contribution in [-0.2, 0) is 16.0 Å². The van der Waals surface area contributed by atoms with Crippen molar-refractivity contribution in [2.75, 3.05) is 7.11 Å². The molecule has 0 radical (unpaired) electrons. The Morgan fingerprint density at radius 2 is 1.52 bits per heavy atom.